The number of nitrogens with zero attached hydrogens (tertiary/aromatic N) is 1. The molecule has 4 heteroatoms. The van der Waals surface area contributed by atoms with Crippen LogP contribution in [0.3, 0.4) is 0 Å². The number of carbonyl (C=O) groups excluding carboxylic acids is 1. The van der Waals surface area contributed by atoms with E-state index >= 15 is 0 Å². The zero-order valence-electron chi connectivity index (χ0n) is 12.9. The van der Waals surface area contributed by atoms with Crippen molar-refractivity contribution in [3.05, 3.63) is 23.0 Å². The first-order valence-corrected chi connectivity index (χ1v) is 7.01. The van der Waals surface area contributed by atoms with Gasteiger partial charge in [-0.25, -0.2) is 0 Å². The SMILES string of the molecule is CC(=O)CCC(C)(O)c1cc2c(c(C)n1)OCC2(C)C. The average Bonchev–Trinajstić information content (AvgIpc) is 2.64. The van der Waals surface area contributed by atoms with Gasteiger partial charge < -0.3 is 14.6 Å². The number of aryl methyl sites for hydroxylation is 1. The van der Waals surface area contributed by atoms with Crippen LogP contribution in [0.2, 0.25) is 0 Å². The van der Waals surface area contributed by atoms with Crippen LogP contribution < -0.4 is 4.74 Å². The van der Waals surface area contributed by atoms with Crippen molar-refractivity contribution in [2.45, 2.75) is 58.5 Å². The molecule has 0 saturated carbocycles. The second-order valence-corrected chi connectivity index (χ2v) is 6.62. The molecule has 1 aliphatic heterocycles. The quantitative estimate of drug-likeness (QED) is 0.919. The van der Waals surface area contributed by atoms with Crippen molar-refractivity contribution in [1.82, 2.24) is 4.98 Å². The minimum Gasteiger partial charge on any atom is -0.490 e. The molecule has 0 aliphatic carbocycles. The molecule has 0 saturated heterocycles. The molecule has 1 atom stereocenters. The summed E-state index contributed by atoms with van der Waals surface area (Å²) < 4.78 is 5.71. The summed E-state index contributed by atoms with van der Waals surface area (Å²) in [6.07, 6.45) is 0.736. The maximum Gasteiger partial charge on any atom is 0.144 e. The fraction of sp³-hybridized carbons (Fsp3) is 0.625. The van der Waals surface area contributed by atoms with Gasteiger partial charge in [0, 0.05) is 17.4 Å². The van der Waals surface area contributed by atoms with Crippen LogP contribution in [-0.4, -0.2) is 22.5 Å². The summed E-state index contributed by atoms with van der Waals surface area (Å²) in [5.74, 6) is 0.910. The number of carbonyl (C=O) groups is 1. The van der Waals surface area contributed by atoms with E-state index < -0.39 is 5.60 Å². The Kier molecular flexibility index (Phi) is 3.63. The van der Waals surface area contributed by atoms with E-state index in [1.165, 1.54) is 6.92 Å². The Morgan fingerprint density at radius 3 is 2.80 bits per heavy atom. The molecular formula is C16H23NO3. The largest absolute Gasteiger partial charge is 0.490 e. The van der Waals surface area contributed by atoms with Gasteiger partial charge in [0.2, 0.25) is 0 Å². The minimum absolute atomic E-state index is 0.0750. The molecule has 1 aromatic heterocycles. The fourth-order valence-electron chi connectivity index (χ4n) is 2.50. The van der Waals surface area contributed by atoms with Crippen molar-refractivity contribution in [2.75, 3.05) is 6.61 Å². The smallest absolute Gasteiger partial charge is 0.144 e. The predicted molar refractivity (Wildman–Crippen MR) is 77.0 cm³/mol. The molecule has 4 nitrogen and oxygen atoms in total. The number of ether oxygens (including phenoxy) is 1. The van der Waals surface area contributed by atoms with Crippen LogP contribution >= 0.6 is 0 Å². The van der Waals surface area contributed by atoms with Gasteiger partial charge in [-0.3, -0.25) is 4.98 Å². The molecule has 1 aliphatic rings. The molecular weight excluding hydrogens is 254 g/mol. The third-order valence-electron chi connectivity index (χ3n) is 3.96. The second kappa shape index (κ2) is 4.85. The van der Waals surface area contributed by atoms with E-state index in [9.17, 15) is 9.90 Å². The van der Waals surface area contributed by atoms with E-state index in [0.717, 1.165) is 17.0 Å². The fourth-order valence-corrected chi connectivity index (χ4v) is 2.50. The molecule has 0 amide bonds. The molecule has 2 heterocycles. The zero-order chi connectivity index (χ0) is 15.1. The highest BCUT2D eigenvalue weighted by atomic mass is 16.5. The molecule has 0 bridgehead atoms. The van der Waals surface area contributed by atoms with Crippen molar-refractivity contribution in [1.29, 1.82) is 0 Å². The van der Waals surface area contributed by atoms with Crippen molar-refractivity contribution in [3.63, 3.8) is 0 Å². The van der Waals surface area contributed by atoms with Gasteiger partial charge in [-0.05, 0) is 33.3 Å². The molecule has 2 rings (SSSR count). The van der Waals surface area contributed by atoms with E-state index in [4.69, 9.17) is 4.74 Å². The summed E-state index contributed by atoms with van der Waals surface area (Å²) in [7, 11) is 0. The number of pyridine rings is 1. The Morgan fingerprint density at radius 1 is 1.55 bits per heavy atom. The van der Waals surface area contributed by atoms with Crippen LogP contribution in [0, 0.1) is 6.92 Å². The van der Waals surface area contributed by atoms with Gasteiger partial charge >= 0.3 is 0 Å². The van der Waals surface area contributed by atoms with Crippen LogP contribution in [0.5, 0.6) is 5.75 Å². The number of fused-ring (bicyclic) bond motifs is 1. The number of aromatic nitrogens is 1. The van der Waals surface area contributed by atoms with Crippen molar-refractivity contribution < 1.29 is 14.6 Å². The first-order valence-electron chi connectivity index (χ1n) is 7.01. The summed E-state index contributed by atoms with van der Waals surface area (Å²) in [5, 5.41) is 10.6. The molecule has 20 heavy (non-hydrogen) atoms. The number of ketones is 1. The lowest BCUT2D eigenvalue weighted by Crippen LogP contribution is -2.25. The van der Waals surface area contributed by atoms with E-state index in [0.29, 0.717) is 25.1 Å². The molecule has 1 N–H and O–H groups in total. The highest BCUT2D eigenvalue weighted by Gasteiger charge is 2.36. The number of hydrogen-bond acceptors (Lipinski definition) is 4. The summed E-state index contributed by atoms with van der Waals surface area (Å²) >= 11 is 0. The predicted octanol–water partition coefficient (Wildman–Crippen LogP) is 2.64. The standard InChI is InChI=1S/C16H23NO3/c1-10(18)6-7-16(5,19)13-8-12-14(11(2)17-13)20-9-15(12,3)4/h8,19H,6-7,9H2,1-5H3. The maximum absolute atomic E-state index is 11.1. The summed E-state index contributed by atoms with van der Waals surface area (Å²) in [6, 6.07) is 1.93. The number of hydrogen-bond donors (Lipinski definition) is 1. The van der Waals surface area contributed by atoms with Gasteiger partial charge in [-0.2, -0.15) is 0 Å². The lowest BCUT2D eigenvalue weighted by atomic mass is 9.84. The first-order chi connectivity index (χ1) is 9.13. The second-order valence-electron chi connectivity index (χ2n) is 6.62. The van der Waals surface area contributed by atoms with Gasteiger partial charge in [-0.15, -0.1) is 0 Å². The molecule has 0 spiro atoms. The number of aliphatic hydroxyl groups is 1. The third kappa shape index (κ3) is 2.70. The van der Waals surface area contributed by atoms with Crippen molar-refractivity contribution in [3.8, 4) is 5.75 Å². The Hall–Kier alpha value is -1.42. The van der Waals surface area contributed by atoms with Gasteiger partial charge in [0.25, 0.3) is 0 Å². The Balaban J connectivity index is 2.39. The van der Waals surface area contributed by atoms with E-state index in [1.54, 1.807) is 6.92 Å². The Bertz CT molecular complexity index is 547. The summed E-state index contributed by atoms with van der Waals surface area (Å²) in [5.41, 5.74) is 1.33. The van der Waals surface area contributed by atoms with E-state index in [2.05, 4.69) is 18.8 Å². The van der Waals surface area contributed by atoms with E-state index in [1.807, 2.05) is 13.0 Å². The summed E-state index contributed by atoms with van der Waals surface area (Å²) in [4.78, 5) is 15.6. The normalized spacial score (nSPS) is 19.1. The highest BCUT2D eigenvalue weighted by molar-refractivity contribution is 5.75. The first kappa shape index (κ1) is 15.0. The molecule has 110 valence electrons. The number of Topliss-reactive ketones (excluding diaryl/α,β-unsaturated/α-hetero) is 1. The minimum atomic E-state index is -1.09. The highest BCUT2D eigenvalue weighted by Crippen LogP contribution is 2.41. The lowest BCUT2D eigenvalue weighted by Gasteiger charge is -2.25. The molecule has 1 unspecified atom stereocenters. The van der Waals surface area contributed by atoms with Crippen LogP contribution in [0.25, 0.3) is 0 Å². The maximum atomic E-state index is 11.1. The Labute approximate surface area is 120 Å². The summed E-state index contributed by atoms with van der Waals surface area (Å²) in [6.45, 7) is 10.0. The van der Waals surface area contributed by atoms with Crippen LogP contribution in [0.1, 0.15) is 57.5 Å². The van der Waals surface area contributed by atoms with Crippen LogP contribution in [0.15, 0.2) is 6.07 Å². The van der Waals surface area contributed by atoms with Gasteiger partial charge in [0.05, 0.1) is 18.0 Å². The molecule has 0 aromatic carbocycles. The molecule has 0 radical (unpaired) electrons. The van der Waals surface area contributed by atoms with Crippen LogP contribution in [0.4, 0.5) is 0 Å². The Morgan fingerprint density at radius 2 is 2.20 bits per heavy atom. The topological polar surface area (TPSA) is 59.4 Å². The van der Waals surface area contributed by atoms with Crippen LogP contribution in [-0.2, 0) is 15.8 Å². The molecule has 1 aromatic rings. The third-order valence-corrected chi connectivity index (χ3v) is 3.96. The van der Waals surface area contributed by atoms with Gasteiger partial charge in [0.1, 0.15) is 17.1 Å². The average molecular weight is 277 g/mol. The number of rotatable bonds is 4. The van der Waals surface area contributed by atoms with Crippen molar-refractivity contribution >= 4 is 5.78 Å². The van der Waals surface area contributed by atoms with Gasteiger partial charge in [-0.1, -0.05) is 13.8 Å². The van der Waals surface area contributed by atoms with Crippen molar-refractivity contribution in [2.24, 2.45) is 0 Å². The molecule has 0 fully saturated rings. The zero-order valence-corrected chi connectivity index (χ0v) is 12.9. The lowest BCUT2D eigenvalue weighted by molar-refractivity contribution is -0.118. The monoisotopic (exact) mass is 277 g/mol. The van der Waals surface area contributed by atoms with E-state index in [-0.39, 0.29) is 11.2 Å². The van der Waals surface area contributed by atoms with Gasteiger partial charge in [0.15, 0.2) is 0 Å².